The van der Waals surface area contributed by atoms with Gasteiger partial charge in [-0.1, -0.05) is 26.7 Å². The van der Waals surface area contributed by atoms with Crippen LogP contribution in [0.3, 0.4) is 0 Å². The molecular weight excluding hydrogens is 268 g/mol. The van der Waals surface area contributed by atoms with Crippen LogP contribution in [-0.2, 0) is 4.79 Å². The monoisotopic (exact) mass is 296 g/mol. The van der Waals surface area contributed by atoms with E-state index in [4.69, 9.17) is 5.11 Å². The van der Waals surface area contributed by atoms with E-state index in [1.54, 1.807) is 0 Å². The summed E-state index contributed by atoms with van der Waals surface area (Å²) in [5.74, 6) is -0.470. The summed E-state index contributed by atoms with van der Waals surface area (Å²) in [6.07, 6.45) is 6.56. The first-order valence-corrected chi connectivity index (χ1v) is 8.27. The van der Waals surface area contributed by atoms with Gasteiger partial charge in [0.05, 0.1) is 6.42 Å². The van der Waals surface area contributed by atoms with Crippen LogP contribution >= 0.6 is 0 Å². The van der Waals surface area contributed by atoms with Crippen LogP contribution in [0.2, 0.25) is 0 Å². The van der Waals surface area contributed by atoms with E-state index >= 15 is 0 Å². The smallest absolute Gasteiger partial charge is 0.317 e. The molecule has 1 atom stereocenters. The Morgan fingerprint density at radius 3 is 2.24 bits per heavy atom. The number of carboxylic acid groups (broad SMARTS) is 1. The zero-order chi connectivity index (χ0) is 15.5. The molecule has 1 saturated carbocycles. The van der Waals surface area contributed by atoms with Crippen molar-refractivity contribution in [2.75, 3.05) is 13.1 Å². The van der Waals surface area contributed by atoms with Crippen molar-refractivity contribution >= 4 is 12.0 Å². The Morgan fingerprint density at radius 2 is 1.81 bits per heavy atom. The molecule has 2 fully saturated rings. The quantitative estimate of drug-likeness (QED) is 0.792. The molecule has 21 heavy (non-hydrogen) atoms. The summed E-state index contributed by atoms with van der Waals surface area (Å²) in [5.41, 5.74) is 0.397. The van der Waals surface area contributed by atoms with Crippen molar-refractivity contribution in [1.29, 1.82) is 0 Å². The molecule has 1 aliphatic heterocycles. The van der Waals surface area contributed by atoms with Crippen molar-refractivity contribution in [3.05, 3.63) is 0 Å². The number of hydrogen-bond donors (Lipinski definition) is 2. The van der Waals surface area contributed by atoms with Gasteiger partial charge in [0.2, 0.25) is 0 Å². The molecule has 0 aromatic rings. The predicted molar refractivity (Wildman–Crippen MR) is 81.1 cm³/mol. The highest BCUT2D eigenvalue weighted by atomic mass is 16.4. The van der Waals surface area contributed by atoms with E-state index < -0.39 is 5.97 Å². The summed E-state index contributed by atoms with van der Waals surface area (Å²) in [6.45, 7) is 6.04. The number of aliphatic carboxylic acids is 1. The summed E-state index contributed by atoms with van der Waals surface area (Å²) in [4.78, 5) is 25.1. The van der Waals surface area contributed by atoms with E-state index in [1.807, 2.05) is 4.90 Å². The van der Waals surface area contributed by atoms with Crippen molar-refractivity contribution in [2.45, 2.75) is 64.8 Å². The molecule has 0 bridgehead atoms. The summed E-state index contributed by atoms with van der Waals surface area (Å²) < 4.78 is 0. The Balaban J connectivity index is 1.85. The topological polar surface area (TPSA) is 69.6 Å². The highest BCUT2D eigenvalue weighted by Gasteiger charge is 2.37. The first kappa shape index (κ1) is 16.1. The number of carbonyl (C=O) groups is 2. The Morgan fingerprint density at radius 1 is 1.24 bits per heavy atom. The highest BCUT2D eigenvalue weighted by Crippen LogP contribution is 2.38. The second-order valence-corrected chi connectivity index (χ2v) is 6.69. The molecule has 1 unspecified atom stereocenters. The first-order valence-electron chi connectivity index (χ1n) is 8.27. The Bertz CT molecular complexity index is 379. The van der Waals surface area contributed by atoms with Crippen LogP contribution in [0.15, 0.2) is 0 Å². The second kappa shape index (κ2) is 6.67. The average molecular weight is 296 g/mol. The maximum atomic E-state index is 12.3. The van der Waals surface area contributed by atoms with Gasteiger partial charge in [-0.05, 0) is 37.0 Å². The van der Waals surface area contributed by atoms with E-state index in [-0.39, 0.29) is 18.5 Å². The molecular formula is C16H28N2O3. The van der Waals surface area contributed by atoms with Crippen molar-refractivity contribution in [3.8, 4) is 0 Å². The number of carbonyl (C=O) groups excluding carboxylic acids is 1. The third-order valence-corrected chi connectivity index (χ3v) is 5.51. The van der Waals surface area contributed by atoms with Crippen LogP contribution in [0, 0.1) is 11.3 Å². The molecule has 1 saturated heterocycles. The van der Waals surface area contributed by atoms with Gasteiger partial charge in [-0.2, -0.15) is 0 Å². The summed E-state index contributed by atoms with van der Waals surface area (Å²) in [5, 5.41) is 11.9. The van der Waals surface area contributed by atoms with Crippen molar-refractivity contribution < 1.29 is 14.7 Å². The highest BCUT2D eigenvalue weighted by molar-refractivity contribution is 5.76. The van der Waals surface area contributed by atoms with Gasteiger partial charge in [0.15, 0.2) is 0 Å². The maximum absolute atomic E-state index is 12.3. The van der Waals surface area contributed by atoms with E-state index in [2.05, 4.69) is 19.2 Å². The predicted octanol–water partition coefficient (Wildman–Crippen LogP) is 2.85. The van der Waals surface area contributed by atoms with Gasteiger partial charge in [0, 0.05) is 19.1 Å². The molecule has 2 amide bonds. The number of urea groups is 1. The van der Waals surface area contributed by atoms with E-state index in [1.165, 1.54) is 12.8 Å². The number of nitrogens with one attached hydrogen (secondary N) is 1. The minimum atomic E-state index is -0.832. The Labute approximate surface area is 127 Å². The van der Waals surface area contributed by atoms with Crippen LogP contribution in [0.1, 0.15) is 58.8 Å². The Kier molecular flexibility index (Phi) is 5.12. The minimum Gasteiger partial charge on any atom is -0.481 e. The number of likely N-dealkylation sites (tertiary alicyclic amines) is 1. The van der Waals surface area contributed by atoms with Crippen molar-refractivity contribution in [3.63, 3.8) is 0 Å². The lowest BCUT2D eigenvalue weighted by atomic mass is 9.74. The lowest BCUT2D eigenvalue weighted by Crippen LogP contribution is -2.50. The Hall–Kier alpha value is -1.26. The van der Waals surface area contributed by atoms with E-state index in [9.17, 15) is 9.59 Å². The van der Waals surface area contributed by atoms with Gasteiger partial charge in [-0.25, -0.2) is 4.79 Å². The molecule has 5 heteroatoms. The summed E-state index contributed by atoms with van der Waals surface area (Å²) in [6, 6.07) is -0.270. The molecule has 0 radical (unpaired) electrons. The van der Waals surface area contributed by atoms with Crippen LogP contribution in [0.4, 0.5) is 4.79 Å². The van der Waals surface area contributed by atoms with Gasteiger partial charge in [-0.15, -0.1) is 0 Å². The molecule has 2 aliphatic rings. The van der Waals surface area contributed by atoms with Crippen LogP contribution in [-0.4, -0.2) is 41.1 Å². The molecule has 0 spiro atoms. The number of hydrogen-bond acceptors (Lipinski definition) is 2. The fourth-order valence-corrected chi connectivity index (χ4v) is 3.41. The van der Waals surface area contributed by atoms with Gasteiger partial charge in [-0.3, -0.25) is 4.79 Å². The number of rotatable bonds is 6. The van der Waals surface area contributed by atoms with Gasteiger partial charge in [0.1, 0.15) is 0 Å². The fourth-order valence-electron chi connectivity index (χ4n) is 3.41. The molecule has 0 aromatic heterocycles. The number of amides is 2. The zero-order valence-electron chi connectivity index (χ0n) is 13.2. The lowest BCUT2D eigenvalue weighted by Gasteiger charge is -2.41. The maximum Gasteiger partial charge on any atom is 0.317 e. The standard InChI is InChI=1S/C16H28N2O3/c1-3-16(4-2)7-9-18(10-8-16)15(21)17-13(11-14(19)20)12-5-6-12/h12-13H,3-11H2,1-2H3,(H,17,21)(H,19,20). The van der Waals surface area contributed by atoms with Gasteiger partial charge < -0.3 is 15.3 Å². The van der Waals surface area contributed by atoms with E-state index in [0.717, 1.165) is 38.8 Å². The van der Waals surface area contributed by atoms with Crippen LogP contribution in [0.25, 0.3) is 0 Å². The molecule has 2 N–H and O–H groups in total. The lowest BCUT2D eigenvalue weighted by molar-refractivity contribution is -0.137. The largest absolute Gasteiger partial charge is 0.481 e. The van der Waals surface area contributed by atoms with Crippen molar-refractivity contribution in [2.24, 2.45) is 11.3 Å². The normalized spacial score (nSPS) is 22.7. The molecule has 1 heterocycles. The third-order valence-electron chi connectivity index (χ3n) is 5.51. The summed E-state index contributed by atoms with van der Waals surface area (Å²) in [7, 11) is 0. The summed E-state index contributed by atoms with van der Waals surface area (Å²) >= 11 is 0. The van der Waals surface area contributed by atoms with Crippen LogP contribution in [0.5, 0.6) is 0 Å². The number of carboxylic acids is 1. The van der Waals surface area contributed by atoms with E-state index in [0.29, 0.717) is 11.3 Å². The fraction of sp³-hybridized carbons (Fsp3) is 0.875. The molecule has 2 rings (SSSR count). The SMILES string of the molecule is CCC1(CC)CCN(C(=O)NC(CC(=O)O)C2CC2)CC1. The van der Waals surface area contributed by atoms with Gasteiger partial charge >= 0.3 is 12.0 Å². The van der Waals surface area contributed by atoms with Crippen LogP contribution < -0.4 is 5.32 Å². The third kappa shape index (κ3) is 4.11. The zero-order valence-corrected chi connectivity index (χ0v) is 13.2. The number of piperidine rings is 1. The minimum absolute atomic E-state index is 0.0398. The molecule has 5 nitrogen and oxygen atoms in total. The first-order chi connectivity index (χ1) is 9.99. The van der Waals surface area contributed by atoms with Gasteiger partial charge in [0.25, 0.3) is 0 Å². The van der Waals surface area contributed by atoms with Crippen molar-refractivity contribution in [1.82, 2.24) is 10.2 Å². The average Bonchev–Trinajstić information content (AvgIpc) is 3.30. The molecule has 1 aliphatic carbocycles. The molecule has 120 valence electrons. The second-order valence-electron chi connectivity index (χ2n) is 6.69. The number of nitrogens with zero attached hydrogens (tertiary/aromatic N) is 1. The molecule has 0 aromatic carbocycles.